The largest absolute Gasteiger partial charge is 0.362 e. The number of nitrogens with zero attached hydrogens (tertiary/aromatic N) is 1. The molecule has 0 atom stereocenters. The van der Waals surface area contributed by atoms with E-state index in [-0.39, 0.29) is 11.4 Å². The Labute approximate surface area is 151 Å². The Morgan fingerprint density at radius 2 is 1.96 bits per heavy atom. The first-order chi connectivity index (χ1) is 12.0. The Morgan fingerprint density at radius 3 is 2.76 bits per heavy atom. The lowest BCUT2D eigenvalue weighted by atomic mass is 10.0. The molecule has 0 saturated heterocycles. The number of hydrogen-bond donors (Lipinski definition) is 2. The summed E-state index contributed by atoms with van der Waals surface area (Å²) in [6.07, 6.45) is 1.94. The molecule has 2 N–H and O–H groups in total. The van der Waals surface area contributed by atoms with Crippen molar-refractivity contribution < 1.29 is 13.2 Å². The smallest absolute Gasteiger partial charge is 0.257 e. The summed E-state index contributed by atoms with van der Waals surface area (Å²) >= 11 is 5.80. The average molecular weight is 380 g/mol. The number of fused-ring (bicyclic) bond motifs is 1. The Bertz CT molecular complexity index is 886. The number of benzene rings is 2. The minimum Gasteiger partial charge on any atom is -0.362 e. The number of sulfonamides is 1. The van der Waals surface area contributed by atoms with E-state index in [2.05, 4.69) is 10.3 Å². The van der Waals surface area contributed by atoms with Gasteiger partial charge in [-0.05, 0) is 42.7 Å². The van der Waals surface area contributed by atoms with Crippen LogP contribution >= 0.6 is 11.6 Å². The molecular formula is C17H18ClN3O3S. The van der Waals surface area contributed by atoms with E-state index in [0.29, 0.717) is 5.02 Å². The Hall–Kier alpha value is -2.09. The van der Waals surface area contributed by atoms with Crippen LogP contribution in [0.15, 0.2) is 53.4 Å². The van der Waals surface area contributed by atoms with E-state index in [0.717, 1.165) is 25.1 Å². The minimum atomic E-state index is -3.86. The van der Waals surface area contributed by atoms with Gasteiger partial charge in [0, 0.05) is 17.3 Å². The number of amides is 1. The summed E-state index contributed by atoms with van der Waals surface area (Å²) < 4.78 is 24.4. The van der Waals surface area contributed by atoms with E-state index in [1.807, 2.05) is 29.2 Å². The monoisotopic (exact) mass is 379 g/mol. The van der Waals surface area contributed by atoms with E-state index in [9.17, 15) is 13.2 Å². The molecule has 0 bridgehead atoms. The fourth-order valence-electron chi connectivity index (χ4n) is 2.81. The van der Waals surface area contributed by atoms with Gasteiger partial charge < -0.3 is 4.90 Å². The first kappa shape index (κ1) is 17.7. The Kier molecular flexibility index (Phi) is 5.27. The van der Waals surface area contributed by atoms with Crippen LogP contribution in [0.4, 0.5) is 5.69 Å². The molecule has 2 aromatic carbocycles. The first-order valence-electron chi connectivity index (χ1n) is 7.85. The third kappa shape index (κ3) is 4.31. The van der Waals surface area contributed by atoms with E-state index < -0.39 is 15.9 Å². The zero-order valence-electron chi connectivity index (χ0n) is 13.4. The van der Waals surface area contributed by atoms with E-state index in [1.165, 1.54) is 23.8 Å². The van der Waals surface area contributed by atoms with Crippen LogP contribution in [-0.4, -0.2) is 27.4 Å². The molecule has 0 fully saturated rings. The number of rotatable bonds is 5. The van der Waals surface area contributed by atoms with E-state index in [4.69, 9.17) is 11.6 Å². The van der Waals surface area contributed by atoms with Gasteiger partial charge in [-0.25, -0.2) is 8.42 Å². The Morgan fingerprint density at radius 1 is 1.16 bits per heavy atom. The Balaban J connectivity index is 1.62. The van der Waals surface area contributed by atoms with Gasteiger partial charge in [0.15, 0.2) is 0 Å². The van der Waals surface area contributed by atoms with Crippen molar-refractivity contribution in [3.05, 3.63) is 59.1 Å². The van der Waals surface area contributed by atoms with Crippen LogP contribution in [-0.2, 0) is 21.2 Å². The molecule has 0 unspecified atom stereocenters. The van der Waals surface area contributed by atoms with Crippen LogP contribution in [0.5, 0.6) is 0 Å². The summed E-state index contributed by atoms with van der Waals surface area (Å²) in [5.74, 6) is -0.428. The standard InChI is InChI=1S/C17H18ClN3O3S/c18-14-7-3-8-15(11-14)25(23,24)20-19-17(22)12-21-10-4-6-13-5-1-2-9-16(13)21/h1-3,5,7-9,11,20H,4,6,10,12H2,(H,19,22). The van der Waals surface area contributed by atoms with Gasteiger partial charge >= 0.3 is 0 Å². The number of hydrazine groups is 1. The van der Waals surface area contributed by atoms with Gasteiger partial charge in [0.05, 0.1) is 11.4 Å². The highest BCUT2D eigenvalue weighted by molar-refractivity contribution is 7.89. The summed E-state index contributed by atoms with van der Waals surface area (Å²) in [4.78, 5) is 16.2. The highest BCUT2D eigenvalue weighted by Crippen LogP contribution is 2.26. The molecule has 0 radical (unpaired) electrons. The molecule has 1 aliphatic heterocycles. The maximum Gasteiger partial charge on any atom is 0.257 e. The van der Waals surface area contributed by atoms with Crippen molar-refractivity contribution in [1.29, 1.82) is 0 Å². The van der Waals surface area contributed by atoms with E-state index >= 15 is 0 Å². The molecule has 6 nitrogen and oxygen atoms in total. The predicted molar refractivity (Wildman–Crippen MR) is 96.9 cm³/mol. The van der Waals surface area contributed by atoms with Gasteiger partial charge in [-0.1, -0.05) is 35.9 Å². The lowest BCUT2D eigenvalue weighted by Crippen LogP contribution is -2.47. The molecule has 25 heavy (non-hydrogen) atoms. The van der Waals surface area contributed by atoms with Crippen molar-refractivity contribution in [1.82, 2.24) is 10.3 Å². The second-order valence-corrected chi connectivity index (χ2v) is 7.88. The van der Waals surface area contributed by atoms with Crippen LogP contribution in [0.1, 0.15) is 12.0 Å². The van der Waals surface area contributed by atoms with Crippen LogP contribution in [0.3, 0.4) is 0 Å². The summed E-state index contributed by atoms with van der Waals surface area (Å²) in [6, 6.07) is 13.7. The molecule has 0 aliphatic carbocycles. The third-order valence-corrected chi connectivity index (χ3v) is 5.45. The molecule has 0 spiro atoms. The fraction of sp³-hybridized carbons (Fsp3) is 0.235. The highest BCUT2D eigenvalue weighted by Gasteiger charge is 2.20. The molecule has 1 heterocycles. The van der Waals surface area contributed by atoms with Crippen molar-refractivity contribution in [2.45, 2.75) is 17.7 Å². The maximum atomic E-state index is 12.2. The number of para-hydroxylation sites is 1. The van der Waals surface area contributed by atoms with Gasteiger partial charge in [-0.2, -0.15) is 0 Å². The molecular weight excluding hydrogens is 362 g/mol. The zero-order valence-corrected chi connectivity index (χ0v) is 15.0. The fourth-order valence-corrected chi connectivity index (χ4v) is 3.97. The molecule has 1 amide bonds. The van der Waals surface area contributed by atoms with Crippen LogP contribution in [0.25, 0.3) is 0 Å². The van der Waals surface area contributed by atoms with Gasteiger partial charge in [0.2, 0.25) is 0 Å². The lowest BCUT2D eigenvalue weighted by molar-refractivity contribution is -0.120. The summed E-state index contributed by atoms with van der Waals surface area (Å²) in [5, 5.41) is 0.305. The van der Waals surface area contributed by atoms with Crippen molar-refractivity contribution in [3.63, 3.8) is 0 Å². The van der Waals surface area contributed by atoms with Gasteiger partial charge in [0.1, 0.15) is 0 Å². The zero-order chi connectivity index (χ0) is 17.9. The van der Waals surface area contributed by atoms with Crippen LogP contribution in [0.2, 0.25) is 5.02 Å². The number of anilines is 1. The third-order valence-electron chi connectivity index (χ3n) is 3.97. The number of nitrogens with one attached hydrogen (secondary N) is 2. The molecule has 2 aromatic rings. The topological polar surface area (TPSA) is 78.5 Å². The van der Waals surface area contributed by atoms with E-state index in [1.54, 1.807) is 6.07 Å². The van der Waals surface area contributed by atoms with Crippen molar-refractivity contribution in [2.24, 2.45) is 0 Å². The minimum absolute atomic E-state index is 0.0105. The second kappa shape index (κ2) is 7.43. The molecule has 132 valence electrons. The molecule has 0 aromatic heterocycles. The molecule has 3 rings (SSSR count). The van der Waals surface area contributed by atoms with Gasteiger partial charge in [-0.3, -0.25) is 10.2 Å². The summed E-state index contributed by atoms with van der Waals surface area (Å²) in [7, 11) is -3.86. The average Bonchev–Trinajstić information content (AvgIpc) is 2.60. The number of hydrogen-bond acceptors (Lipinski definition) is 4. The predicted octanol–water partition coefficient (Wildman–Crippen LogP) is 2.10. The highest BCUT2D eigenvalue weighted by atomic mass is 35.5. The normalized spacial score (nSPS) is 14.0. The molecule has 1 aliphatic rings. The second-order valence-electron chi connectivity index (χ2n) is 5.76. The quantitative estimate of drug-likeness (QED) is 0.780. The summed E-state index contributed by atoms with van der Waals surface area (Å²) in [5.41, 5.74) is 4.47. The first-order valence-corrected chi connectivity index (χ1v) is 9.71. The maximum absolute atomic E-state index is 12.2. The number of halogens is 1. The van der Waals surface area contributed by atoms with Crippen LogP contribution in [0, 0.1) is 0 Å². The van der Waals surface area contributed by atoms with Crippen LogP contribution < -0.4 is 15.2 Å². The lowest BCUT2D eigenvalue weighted by Gasteiger charge is -2.30. The molecule has 8 heteroatoms. The number of carbonyl (C=O) groups excluding carboxylic acids is 1. The number of carbonyl (C=O) groups is 1. The van der Waals surface area contributed by atoms with Crippen molar-refractivity contribution >= 4 is 33.2 Å². The van der Waals surface area contributed by atoms with Gasteiger partial charge in [-0.15, -0.1) is 4.83 Å². The number of aryl methyl sites for hydroxylation is 1. The van der Waals surface area contributed by atoms with Gasteiger partial charge in [0.25, 0.3) is 15.9 Å². The van der Waals surface area contributed by atoms with Crippen molar-refractivity contribution in [2.75, 3.05) is 18.0 Å². The summed E-state index contributed by atoms with van der Waals surface area (Å²) in [6.45, 7) is 0.834. The molecule has 0 saturated carbocycles. The SMILES string of the molecule is O=C(CN1CCCc2ccccc21)NNS(=O)(=O)c1cccc(Cl)c1. The van der Waals surface area contributed by atoms with Crippen molar-refractivity contribution in [3.8, 4) is 0 Å².